The molecule has 0 radical (unpaired) electrons. The number of benzene rings is 3. The predicted molar refractivity (Wildman–Crippen MR) is 108 cm³/mol. The first-order valence-electron chi connectivity index (χ1n) is 9.00. The second kappa shape index (κ2) is 10.4. The van der Waals surface area contributed by atoms with Gasteiger partial charge in [0.05, 0.1) is 5.69 Å². The molecule has 0 aliphatic heterocycles. The van der Waals surface area contributed by atoms with E-state index in [4.69, 9.17) is 9.47 Å². The lowest BCUT2D eigenvalue weighted by atomic mass is 10.2. The Kier molecular flexibility index (Phi) is 7.06. The number of nitrogens with zero attached hydrogens (tertiary/aromatic N) is 1. The fourth-order valence-electron chi connectivity index (χ4n) is 2.39. The van der Waals surface area contributed by atoms with Crippen LogP contribution in [0.3, 0.4) is 0 Å². The number of para-hydroxylation sites is 1. The van der Waals surface area contributed by atoms with Crippen molar-refractivity contribution in [3.8, 4) is 0 Å². The summed E-state index contributed by atoms with van der Waals surface area (Å²) in [6.07, 6.45) is -1.58. The Morgan fingerprint density at radius 1 is 0.690 bits per heavy atom. The number of hydrogen-bond donors (Lipinski definition) is 2. The molecule has 0 aliphatic rings. The molecule has 2 amide bonds. The van der Waals surface area contributed by atoms with Gasteiger partial charge in [0.15, 0.2) is 0 Å². The number of hydrogen-bond acceptors (Lipinski definition) is 5. The van der Waals surface area contributed by atoms with Gasteiger partial charge in [0.2, 0.25) is 0 Å². The summed E-state index contributed by atoms with van der Waals surface area (Å²) >= 11 is 0. The first-order valence-corrected chi connectivity index (χ1v) is 9.00. The molecule has 0 saturated heterocycles. The summed E-state index contributed by atoms with van der Waals surface area (Å²) in [6, 6.07) is 27.4. The highest BCUT2D eigenvalue weighted by Crippen LogP contribution is 2.08. The molecule has 7 heteroatoms. The van der Waals surface area contributed by atoms with Gasteiger partial charge in [-0.2, -0.15) is 0 Å². The molecular weight excluding hydrogens is 370 g/mol. The Balaban J connectivity index is 1.60. The second-order valence-corrected chi connectivity index (χ2v) is 6.03. The Morgan fingerprint density at radius 2 is 1.17 bits per heavy atom. The zero-order valence-corrected chi connectivity index (χ0v) is 15.7. The van der Waals surface area contributed by atoms with Crippen LogP contribution in [0.5, 0.6) is 0 Å². The molecule has 2 N–H and O–H groups in total. The topological polar surface area (TPSA) is 79.9 Å². The minimum atomic E-state index is -0.797. The highest BCUT2D eigenvalue weighted by Gasteiger charge is 2.19. The van der Waals surface area contributed by atoms with Crippen LogP contribution in [0.4, 0.5) is 15.3 Å². The third-order valence-electron chi connectivity index (χ3n) is 3.82. The first-order chi connectivity index (χ1) is 14.2. The molecule has 0 aromatic heterocycles. The molecule has 0 heterocycles. The summed E-state index contributed by atoms with van der Waals surface area (Å²) in [5, 5.41) is 0.853. The third-order valence-corrected chi connectivity index (χ3v) is 3.82. The van der Waals surface area contributed by atoms with Gasteiger partial charge in [-0.25, -0.2) is 15.0 Å². The summed E-state index contributed by atoms with van der Waals surface area (Å²) in [4.78, 5) is 24.7. The van der Waals surface area contributed by atoms with Crippen LogP contribution in [0.2, 0.25) is 0 Å². The van der Waals surface area contributed by atoms with Gasteiger partial charge in [-0.05, 0) is 23.3 Å². The van der Waals surface area contributed by atoms with Gasteiger partial charge in [0.25, 0.3) is 0 Å². The molecular formula is C22H21N3O4. The van der Waals surface area contributed by atoms with Gasteiger partial charge in [-0.1, -0.05) is 78.9 Å². The highest BCUT2D eigenvalue weighted by molar-refractivity contribution is 5.75. The van der Waals surface area contributed by atoms with E-state index in [-0.39, 0.29) is 13.2 Å². The lowest BCUT2D eigenvalue weighted by molar-refractivity contribution is 0.0739. The van der Waals surface area contributed by atoms with Crippen molar-refractivity contribution in [1.82, 2.24) is 10.5 Å². The largest absolute Gasteiger partial charge is 0.449 e. The highest BCUT2D eigenvalue weighted by atomic mass is 16.6. The maximum Gasteiger partial charge on any atom is 0.449 e. The van der Waals surface area contributed by atoms with Gasteiger partial charge >= 0.3 is 12.2 Å². The van der Waals surface area contributed by atoms with Crippen LogP contribution in [-0.2, 0) is 22.7 Å². The molecule has 0 aliphatic carbocycles. The van der Waals surface area contributed by atoms with Gasteiger partial charge in [-0.15, -0.1) is 5.12 Å². The Bertz CT molecular complexity index is 905. The molecule has 0 fully saturated rings. The van der Waals surface area contributed by atoms with E-state index in [0.717, 1.165) is 16.2 Å². The number of hydrazine groups is 2. The number of carbonyl (C=O) groups is 2. The van der Waals surface area contributed by atoms with Crippen molar-refractivity contribution in [2.75, 3.05) is 5.43 Å². The summed E-state index contributed by atoms with van der Waals surface area (Å²) < 4.78 is 10.5. The molecule has 0 spiro atoms. The lowest BCUT2D eigenvalue weighted by Gasteiger charge is -2.23. The van der Waals surface area contributed by atoms with E-state index in [9.17, 15) is 9.59 Å². The molecule has 7 nitrogen and oxygen atoms in total. The van der Waals surface area contributed by atoms with Crippen LogP contribution in [0.15, 0.2) is 91.0 Å². The van der Waals surface area contributed by atoms with Crippen LogP contribution >= 0.6 is 0 Å². The smallest absolute Gasteiger partial charge is 0.443 e. The normalized spacial score (nSPS) is 9.93. The van der Waals surface area contributed by atoms with Crippen molar-refractivity contribution in [2.24, 2.45) is 0 Å². The second-order valence-electron chi connectivity index (χ2n) is 6.03. The average Bonchev–Trinajstić information content (AvgIpc) is 2.78. The standard InChI is InChI=1S/C22H21N3O4/c26-21(28-16-18-10-4-1-5-11-18)24-25(23-20-14-8-3-9-15-20)22(27)29-17-19-12-6-2-7-13-19/h1-15,23H,16-17H2,(H,24,26). The Labute approximate surface area is 168 Å². The van der Waals surface area contributed by atoms with Crippen molar-refractivity contribution >= 4 is 17.9 Å². The van der Waals surface area contributed by atoms with Crippen molar-refractivity contribution in [2.45, 2.75) is 13.2 Å². The fraction of sp³-hybridized carbons (Fsp3) is 0.0909. The molecule has 0 saturated carbocycles. The Morgan fingerprint density at radius 3 is 1.72 bits per heavy atom. The van der Waals surface area contributed by atoms with E-state index >= 15 is 0 Å². The van der Waals surface area contributed by atoms with Gasteiger partial charge < -0.3 is 9.47 Å². The van der Waals surface area contributed by atoms with Crippen LogP contribution in [0.25, 0.3) is 0 Å². The monoisotopic (exact) mass is 391 g/mol. The van der Waals surface area contributed by atoms with E-state index in [2.05, 4.69) is 10.9 Å². The fourth-order valence-corrected chi connectivity index (χ4v) is 2.39. The van der Waals surface area contributed by atoms with Crippen LogP contribution in [0, 0.1) is 0 Å². The molecule has 0 unspecified atom stereocenters. The summed E-state index contributed by atoms with van der Waals surface area (Å²) in [6.45, 7) is 0.137. The van der Waals surface area contributed by atoms with Crippen LogP contribution in [0.1, 0.15) is 11.1 Å². The van der Waals surface area contributed by atoms with E-state index in [1.807, 2.05) is 66.7 Å². The number of ether oxygens (including phenoxy) is 2. The zero-order valence-electron chi connectivity index (χ0n) is 15.7. The number of carbonyl (C=O) groups excluding carboxylic acids is 2. The first kappa shape index (κ1) is 19.8. The lowest BCUT2D eigenvalue weighted by Crippen LogP contribution is -2.50. The number of nitrogens with one attached hydrogen (secondary N) is 2. The van der Waals surface area contributed by atoms with Crippen molar-refractivity contribution in [1.29, 1.82) is 0 Å². The Hall–Kier alpha value is -4.00. The molecule has 0 atom stereocenters. The van der Waals surface area contributed by atoms with Crippen LogP contribution in [-0.4, -0.2) is 17.3 Å². The molecule has 3 aromatic rings. The summed E-state index contributed by atoms with van der Waals surface area (Å²) in [5.74, 6) is 0. The van der Waals surface area contributed by atoms with Gasteiger partial charge in [-0.3, -0.25) is 5.43 Å². The zero-order chi connectivity index (χ0) is 20.3. The predicted octanol–water partition coefficient (Wildman–Crippen LogP) is 4.49. The molecule has 3 rings (SSSR count). The summed E-state index contributed by atoms with van der Waals surface area (Å²) in [5.41, 5.74) is 7.40. The number of anilines is 1. The van der Waals surface area contributed by atoms with Gasteiger partial charge in [0, 0.05) is 0 Å². The molecule has 0 bridgehead atoms. The average molecular weight is 391 g/mol. The number of amides is 2. The molecule has 148 valence electrons. The van der Waals surface area contributed by atoms with Crippen LogP contribution < -0.4 is 10.9 Å². The maximum absolute atomic E-state index is 12.5. The molecule has 29 heavy (non-hydrogen) atoms. The number of rotatable bonds is 6. The van der Waals surface area contributed by atoms with E-state index in [1.165, 1.54) is 0 Å². The van der Waals surface area contributed by atoms with Crippen molar-refractivity contribution in [3.63, 3.8) is 0 Å². The van der Waals surface area contributed by atoms with Crippen molar-refractivity contribution < 1.29 is 19.1 Å². The maximum atomic E-state index is 12.5. The minimum Gasteiger partial charge on any atom is -0.443 e. The third kappa shape index (κ3) is 6.59. The minimum absolute atomic E-state index is 0.0629. The van der Waals surface area contributed by atoms with Crippen molar-refractivity contribution in [3.05, 3.63) is 102 Å². The van der Waals surface area contributed by atoms with E-state index in [1.54, 1.807) is 24.3 Å². The quantitative estimate of drug-likeness (QED) is 0.605. The summed E-state index contributed by atoms with van der Waals surface area (Å²) in [7, 11) is 0. The molecule has 3 aromatic carbocycles. The van der Waals surface area contributed by atoms with Gasteiger partial charge in [0.1, 0.15) is 13.2 Å². The SMILES string of the molecule is O=C(NN(Nc1ccccc1)C(=O)OCc1ccccc1)OCc1ccccc1. The van der Waals surface area contributed by atoms with E-state index in [0.29, 0.717) is 5.69 Å². The van der Waals surface area contributed by atoms with E-state index < -0.39 is 12.2 Å².